The molecule has 1 saturated carbocycles. The van der Waals surface area contributed by atoms with Gasteiger partial charge in [-0.25, -0.2) is 0 Å². The monoisotopic (exact) mass is 350 g/mol. The number of rotatable bonds is 8. The third-order valence-corrected chi connectivity index (χ3v) is 5.35. The highest BCUT2D eigenvalue weighted by Crippen LogP contribution is 2.29. The second-order valence-corrected chi connectivity index (χ2v) is 7.31. The number of methoxy groups -OCH3 is 1. The summed E-state index contributed by atoms with van der Waals surface area (Å²) in [7, 11) is 1.75. The zero-order valence-corrected chi connectivity index (χ0v) is 15.8. The van der Waals surface area contributed by atoms with Crippen molar-refractivity contribution in [3.05, 3.63) is 46.7 Å². The van der Waals surface area contributed by atoms with Gasteiger partial charge in [0.25, 0.3) is 0 Å². The summed E-state index contributed by atoms with van der Waals surface area (Å²) in [4.78, 5) is 2.50. The van der Waals surface area contributed by atoms with Gasteiger partial charge in [0.05, 0.1) is 13.7 Å². The average Bonchev–Trinajstić information content (AvgIpc) is 2.62. The Kier molecular flexibility index (Phi) is 8.10. The van der Waals surface area contributed by atoms with Crippen molar-refractivity contribution in [1.29, 1.82) is 0 Å². The van der Waals surface area contributed by atoms with Crippen molar-refractivity contribution in [3.8, 4) is 0 Å². The van der Waals surface area contributed by atoms with E-state index in [2.05, 4.69) is 23.1 Å². The lowest BCUT2D eigenvalue weighted by Gasteiger charge is -2.32. The van der Waals surface area contributed by atoms with E-state index in [-0.39, 0.29) is 0 Å². The van der Waals surface area contributed by atoms with E-state index in [9.17, 15) is 0 Å². The van der Waals surface area contributed by atoms with Crippen molar-refractivity contribution in [2.75, 3.05) is 26.7 Å². The first-order valence-corrected chi connectivity index (χ1v) is 9.38. The summed E-state index contributed by atoms with van der Waals surface area (Å²) in [6.45, 7) is 5.76. The van der Waals surface area contributed by atoms with Crippen LogP contribution in [0.3, 0.4) is 0 Å². The summed E-state index contributed by atoms with van der Waals surface area (Å²) in [5.41, 5.74) is 7.11. The molecule has 2 N–H and O–H groups in total. The van der Waals surface area contributed by atoms with Crippen LogP contribution >= 0.6 is 11.6 Å². The Bertz CT molecular complexity index is 507. The van der Waals surface area contributed by atoms with Gasteiger partial charge in [0.15, 0.2) is 0 Å². The molecule has 4 heteroatoms. The molecule has 0 bridgehead atoms. The molecule has 0 aliphatic heterocycles. The van der Waals surface area contributed by atoms with Gasteiger partial charge in [0.1, 0.15) is 5.76 Å². The normalized spacial score (nSPS) is 22.0. The fourth-order valence-corrected chi connectivity index (χ4v) is 3.67. The smallest absolute Gasteiger partial charge is 0.105 e. The standard InChI is InChI=1S/C20H31ClN2O/c1-3-20(24-2)15-23(14-18-8-10-19(21)11-9-18)13-17-6-4-16(12-22)5-7-17/h3,8-11,16-17H,4-7,12-15,22H2,1-2H3/b20-3-. The van der Waals surface area contributed by atoms with Gasteiger partial charge in [-0.2, -0.15) is 0 Å². The SMILES string of the molecule is C/C=C(/CN(Cc1ccc(Cl)cc1)CC1CCC(CN)CC1)OC. The zero-order valence-electron chi connectivity index (χ0n) is 15.0. The van der Waals surface area contributed by atoms with Crippen LogP contribution in [0.25, 0.3) is 0 Å². The third-order valence-electron chi connectivity index (χ3n) is 5.10. The van der Waals surface area contributed by atoms with Crippen LogP contribution in [0, 0.1) is 11.8 Å². The Morgan fingerprint density at radius 1 is 1.21 bits per heavy atom. The molecule has 0 aromatic heterocycles. The predicted molar refractivity (Wildman–Crippen MR) is 102 cm³/mol. The van der Waals surface area contributed by atoms with E-state index in [0.717, 1.165) is 48.8 Å². The van der Waals surface area contributed by atoms with Crippen LogP contribution in [0.5, 0.6) is 0 Å². The van der Waals surface area contributed by atoms with Crippen LogP contribution in [0.2, 0.25) is 5.02 Å². The van der Waals surface area contributed by atoms with Crippen LogP contribution in [0.15, 0.2) is 36.1 Å². The molecule has 24 heavy (non-hydrogen) atoms. The number of benzene rings is 1. The van der Waals surface area contributed by atoms with E-state index in [1.807, 2.05) is 19.1 Å². The first-order chi connectivity index (χ1) is 11.6. The lowest BCUT2D eigenvalue weighted by Crippen LogP contribution is -2.34. The molecule has 1 aliphatic carbocycles. The first kappa shape index (κ1) is 19.3. The molecule has 1 aromatic rings. The van der Waals surface area contributed by atoms with Crippen molar-refractivity contribution in [2.45, 2.75) is 39.2 Å². The van der Waals surface area contributed by atoms with E-state index in [1.165, 1.54) is 31.2 Å². The molecule has 3 nitrogen and oxygen atoms in total. The van der Waals surface area contributed by atoms with Crippen molar-refractivity contribution in [2.24, 2.45) is 17.6 Å². The van der Waals surface area contributed by atoms with Gasteiger partial charge < -0.3 is 10.5 Å². The molecule has 1 fully saturated rings. The summed E-state index contributed by atoms with van der Waals surface area (Å²) < 4.78 is 5.49. The summed E-state index contributed by atoms with van der Waals surface area (Å²) in [5.74, 6) is 2.52. The minimum absolute atomic E-state index is 0.732. The van der Waals surface area contributed by atoms with Crippen LogP contribution in [0.4, 0.5) is 0 Å². The Labute approximate surface area is 151 Å². The number of ether oxygens (including phenoxy) is 1. The molecule has 0 amide bonds. The lowest BCUT2D eigenvalue weighted by molar-refractivity contribution is 0.159. The van der Waals surface area contributed by atoms with Crippen molar-refractivity contribution in [1.82, 2.24) is 4.90 Å². The van der Waals surface area contributed by atoms with Gasteiger partial charge in [0, 0.05) is 18.1 Å². The second kappa shape index (κ2) is 10.1. The van der Waals surface area contributed by atoms with Crippen LogP contribution < -0.4 is 5.73 Å². The summed E-state index contributed by atoms with van der Waals surface area (Å²) >= 11 is 6.01. The van der Waals surface area contributed by atoms with Crippen LogP contribution in [0.1, 0.15) is 38.2 Å². The Morgan fingerprint density at radius 2 is 1.83 bits per heavy atom. The average molecular weight is 351 g/mol. The highest BCUT2D eigenvalue weighted by atomic mass is 35.5. The van der Waals surface area contributed by atoms with E-state index in [0.29, 0.717) is 0 Å². The first-order valence-electron chi connectivity index (χ1n) is 9.00. The number of hydrogen-bond donors (Lipinski definition) is 1. The minimum atomic E-state index is 0.732. The van der Waals surface area contributed by atoms with Crippen molar-refractivity contribution in [3.63, 3.8) is 0 Å². The molecule has 1 aromatic carbocycles. The number of allylic oxidation sites excluding steroid dienone is 1. The van der Waals surface area contributed by atoms with Crippen molar-refractivity contribution < 1.29 is 4.74 Å². The van der Waals surface area contributed by atoms with E-state index in [1.54, 1.807) is 7.11 Å². The molecule has 134 valence electrons. The lowest BCUT2D eigenvalue weighted by atomic mass is 9.82. The topological polar surface area (TPSA) is 38.5 Å². The number of hydrogen-bond acceptors (Lipinski definition) is 3. The molecule has 0 unspecified atom stereocenters. The van der Waals surface area contributed by atoms with Gasteiger partial charge in [0.2, 0.25) is 0 Å². The predicted octanol–water partition coefficient (Wildman–Crippen LogP) is 4.46. The van der Waals surface area contributed by atoms with Gasteiger partial charge in [-0.15, -0.1) is 0 Å². The zero-order chi connectivity index (χ0) is 17.4. The van der Waals surface area contributed by atoms with E-state index in [4.69, 9.17) is 22.1 Å². The summed E-state index contributed by atoms with van der Waals surface area (Å²) in [6.07, 6.45) is 7.18. The Hall–Kier alpha value is -1.03. The molecule has 2 rings (SSSR count). The quantitative estimate of drug-likeness (QED) is 0.703. The molecule has 0 radical (unpaired) electrons. The van der Waals surface area contributed by atoms with Crippen LogP contribution in [-0.2, 0) is 11.3 Å². The molecule has 0 saturated heterocycles. The number of halogens is 1. The fraction of sp³-hybridized carbons (Fsp3) is 0.600. The van der Waals surface area contributed by atoms with Gasteiger partial charge >= 0.3 is 0 Å². The maximum Gasteiger partial charge on any atom is 0.105 e. The maximum absolute atomic E-state index is 6.01. The van der Waals surface area contributed by atoms with Gasteiger partial charge in [-0.1, -0.05) is 23.7 Å². The largest absolute Gasteiger partial charge is 0.500 e. The molecule has 0 heterocycles. The van der Waals surface area contributed by atoms with Crippen molar-refractivity contribution >= 4 is 11.6 Å². The highest BCUT2D eigenvalue weighted by molar-refractivity contribution is 6.30. The van der Waals surface area contributed by atoms with Gasteiger partial charge in [-0.3, -0.25) is 4.90 Å². The Balaban J connectivity index is 1.98. The molecule has 0 spiro atoms. The number of nitrogens with two attached hydrogens (primary N) is 1. The Morgan fingerprint density at radius 3 is 2.38 bits per heavy atom. The molecule has 0 atom stereocenters. The summed E-state index contributed by atoms with van der Waals surface area (Å²) in [5, 5.41) is 0.788. The second-order valence-electron chi connectivity index (χ2n) is 6.88. The number of nitrogens with zero attached hydrogens (tertiary/aromatic N) is 1. The van der Waals surface area contributed by atoms with E-state index < -0.39 is 0 Å². The van der Waals surface area contributed by atoms with E-state index >= 15 is 0 Å². The minimum Gasteiger partial charge on any atom is -0.500 e. The highest BCUT2D eigenvalue weighted by Gasteiger charge is 2.22. The molecule has 1 aliphatic rings. The molecular weight excluding hydrogens is 320 g/mol. The summed E-state index contributed by atoms with van der Waals surface area (Å²) in [6, 6.07) is 8.16. The third kappa shape index (κ3) is 6.12. The maximum atomic E-state index is 6.01. The van der Waals surface area contributed by atoms with Crippen LogP contribution in [-0.4, -0.2) is 31.6 Å². The fourth-order valence-electron chi connectivity index (χ4n) is 3.54. The molecular formula is C20H31ClN2O. The van der Waals surface area contributed by atoms with Gasteiger partial charge in [-0.05, 0) is 74.8 Å².